The first kappa shape index (κ1) is 13.3. The van der Waals surface area contributed by atoms with Gasteiger partial charge < -0.3 is 22.3 Å². The van der Waals surface area contributed by atoms with Gasteiger partial charge in [0.2, 0.25) is 0 Å². The Balaban J connectivity index is 4.15. The van der Waals surface area contributed by atoms with Crippen molar-refractivity contribution in [2.75, 3.05) is 6.54 Å². The normalized spacial score (nSPS) is 14.0. The third-order valence-electron chi connectivity index (χ3n) is 2.02. The highest BCUT2D eigenvalue weighted by molar-refractivity contribution is 5.73. The SMILES string of the molecule is CCC(N)(N)NC(CCCN)C(=O)O. The summed E-state index contributed by atoms with van der Waals surface area (Å²) in [5, 5.41) is 11.5. The molecular formula is C8H20N4O2. The molecule has 1 atom stereocenters. The molecule has 6 heteroatoms. The van der Waals surface area contributed by atoms with Gasteiger partial charge >= 0.3 is 5.97 Å². The molecule has 0 saturated carbocycles. The molecule has 6 nitrogen and oxygen atoms in total. The molecule has 1 unspecified atom stereocenters. The summed E-state index contributed by atoms with van der Waals surface area (Å²) in [4.78, 5) is 10.8. The van der Waals surface area contributed by atoms with E-state index in [9.17, 15) is 4.79 Å². The summed E-state index contributed by atoms with van der Waals surface area (Å²) in [5.41, 5.74) is 16.5. The Morgan fingerprint density at radius 2 is 2.14 bits per heavy atom. The van der Waals surface area contributed by atoms with E-state index in [1.54, 1.807) is 6.92 Å². The molecule has 0 aromatic rings. The van der Waals surface area contributed by atoms with E-state index in [4.69, 9.17) is 22.3 Å². The largest absolute Gasteiger partial charge is 0.480 e. The number of carboxylic acid groups (broad SMARTS) is 1. The molecule has 84 valence electrons. The van der Waals surface area contributed by atoms with Gasteiger partial charge in [0.05, 0.1) is 0 Å². The van der Waals surface area contributed by atoms with Crippen LogP contribution in [-0.4, -0.2) is 29.4 Å². The molecule has 8 N–H and O–H groups in total. The second-order valence-electron chi connectivity index (χ2n) is 3.36. The Kier molecular flexibility index (Phi) is 5.63. The lowest BCUT2D eigenvalue weighted by atomic mass is 10.1. The van der Waals surface area contributed by atoms with Crippen molar-refractivity contribution in [2.45, 2.75) is 38.0 Å². The van der Waals surface area contributed by atoms with Crippen LogP contribution < -0.4 is 22.5 Å². The smallest absolute Gasteiger partial charge is 0.320 e. The zero-order valence-corrected chi connectivity index (χ0v) is 8.49. The highest BCUT2D eigenvalue weighted by atomic mass is 16.4. The second kappa shape index (κ2) is 5.92. The van der Waals surface area contributed by atoms with Crippen LogP contribution in [0, 0.1) is 0 Å². The predicted molar refractivity (Wildman–Crippen MR) is 54.2 cm³/mol. The van der Waals surface area contributed by atoms with Gasteiger partial charge in [0, 0.05) is 0 Å². The van der Waals surface area contributed by atoms with Crippen LogP contribution in [0.2, 0.25) is 0 Å². The Hall–Kier alpha value is -0.690. The molecule has 0 bridgehead atoms. The van der Waals surface area contributed by atoms with Gasteiger partial charge in [-0.1, -0.05) is 6.92 Å². The highest BCUT2D eigenvalue weighted by Crippen LogP contribution is 2.01. The van der Waals surface area contributed by atoms with Crippen LogP contribution >= 0.6 is 0 Å². The molecule has 0 aliphatic rings. The summed E-state index contributed by atoms with van der Waals surface area (Å²) < 4.78 is 0. The molecular weight excluding hydrogens is 184 g/mol. The molecule has 14 heavy (non-hydrogen) atoms. The first-order valence-corrected chi connectivity index (χ1v) is 4.71. The minimum absolute atomic E-state index is 0.433. The first-order valence-electron chi connectivity index (χ1n) is 4.71. The third-order valence-corrected chi connectivity index (χ3v) is 2.02. The van der Waals surface area contributed by atoms with Gasteiger partial charge in [-0.2, -0.15) is 0 Å². The third kappa shape index (κ3) is 5.13. The van der Waals surface area contributed by atoms with Gasteiger partial charge in [-0.05, 0) is 25.8 Å². The van der Waals surface area contributed by atoms with Gasteiger partial charge in [-0.25, -0.2) is 0 Å². The number of carbonyl (C=O) groups is 1. The van der Waals surface area contributed by atoms with Crippen molar-refractivity contribution in [3.63, 3.8) is 0 Å². The molecule has 0 heterocycles. The van der Waals surface area contributed by atoms with E-state index in [0.717, 1.165) is 0 Å². The number of carboxylic acids is 1. The van der Waals surface area contributed by atoms with Crippen molar-refractivity contribution in [3.05, 3.63) is 0 Å². The fourth-order valence-corrected chi connectivity index (χ4v) is 1.01. The van der Waals surface area contributed by atoms with Crippen LogP contribution in [0.25, 0.3) is 0 Å². The average Bonchev–Trinajstić information content (AvgIpc) is 2.12. The van der Waals surface area contributed by atoms with Crippen LogP contribution in [0.5, 0.6) is 0 Å². The minimum Gasteiger partial charge on any atom is -0.480 e. The summed E-state index contributed by atoms with van der Waals surface area (Å²) in [6.07, 6.45) is 1.52. The summed E-state index contributed by atoms with van der Waals surface area (Å²) in [5.74, 6) is -2.08. The van der Waals surface area contributed by atoms with Crippen molar-refractivity contribution in [1.82, 2.24) is 5.32 Å². The van der Waals surface area contributed by atoms with E-state index in [0.29, 0.717) is 25.8 Å². The summed E-state index contributed by atoms with van der Waals surface area (Å²) in [7, 11) is 0. The molecule has 0 radical (unpaired) electrons. The number of aliphatic carboxylic acids is 1. The average molecular weight is 204 g/mol. The Morgan fingerprint density at radius 3 is 2.50 bits per heavy atom. The fourth-order valence-electron chi connectivity index (χ4n) is 1.01. The number of nitrogens with two attached hydrogens (primary N) is 3. The van der Waals surface area contributed by atoms with Crippen LogP contribution in [0.15, 0.2) is 0 Å². The lowest BCUT2D eigenvalue weighted by Gasteiger charge is -2.28. The number of nitrogens with one attached hydrogen (secondary N) is 1. The van der Waals surface area contributed by atoms with Crippen molar-refractivity contribution < 1.29 is 9.90 Å². The van der Waals surface area contributed by atoms with Gasteiger partial charge in [0.15, 0.2) is 0 Å². The summed E-state index contributed by atoms with van der Waals surface area (Å²) in [6, 6.07) is -0.728. The lowest BCUT2D eigenvalue weighted by Crippen LogP contribution is -2.65. The number of hydrogen-bond donors (Lipinski definition) is 5. The monoisotopic (exact) mass is 204 g/mol. The minimum atomic E-state index is -1.13. The molecule has 0 spiro atoms. The van der Waals surface area contributed by atoms with Gasteiger partial charge in [-0.3, -0.25) is 10.1 Å². The van der Waals surface area contributed by atoms with Crippen molar-refractivity contribution in [3.8, 4) is 0 Å². The van der Waals surface area contributed by atoms with Gasteiger partial charge in [0.1, 0.15) is 11.8 Å². The lowest BCUT2D eigenvalue weighted by molar-refractivity contribution is -0.140. The zero-order valence-electron chi connectivity index (χ0n) is 8.49. The molecule has 0 saturated heterocycles. The number of hydrogen-bond acceptors (Lipinski definition) is 5. The molecule has 0 rings (SSSR count). The van der Waals surface area contributed by atoms with E-state index in [1.165, 1.54) is 0 Å². The van der Waals surface area contributed by atoms with Gasteiger partial charge in [-0.15, -0.1) is 0 Å². The maximum atomic E-state index is 10.8. The molecule has 0 aliphatic carbocycles. The van der Waals surface area contributed by atoms with Gasteiger partial charge in [0.25, 0.3) is 0 Å². The molecule has 0 aliphatic heterocycles. The van der Waals surface area contributed by atoms with E-state index < -0.39 is 17.8 Å². The Labute approximate surface area is 83.8 Å². The quantitative estimate of drug-likeness (QED) is 0.330. The van der Waals surface area contributed by atoms with E-state index in [1.807, 2.05) is 0 Å². The topological polar surface area (TPSA) is 127 Å². The molecule has 0 fully saturated rings. The van der Waals surface area contributed by atoms with Crippen molar-refractivity contribution >= 4 is 5.97 Å². The second-order valence-corrected chi connectivity index (χ2v) is 3.36. The van der Waals surface area contributed by atoms with Crippen molar-refractivity contribution in [1.29, 1.82) is 0 Å². The van der Waals surface area contributed by atoms with E-state index >= 15 is 0 Å². The summed E-state index contributed by atoms with van der Waals surface area (Å²) in [6.45, 7) is 2.24. The van der Waals surface area contributed by atoms with Crippen LogP contribution in [-0.2, 0) is 4.79 Å². The van der Waals surface area contributed by atoms with E-state index in [2.05, 4.69) is 5.32 Å². The number of rotatable bonds is 7. The summed E-state index contributed by atoms with van der Waals surface area (Å²) >= 11 is 0. The molecule has 0 aromatic heterocycles. The fraction of sp³-hybridized carbons (Fsp3) is 0.875. The standard InChI is InChI=1S/C8H20N4O2/c1-2-8(10,11)12-6(7(13)14)4-3-5-9/h6,12H,2-5,9-11H2,1H3,(H,13,14). The zero-order chi connectivity index (χ0) is 11.2. The predicted octanol–water partition coefficient (Wildman–Crippen LogP) is -1.25. The Bertz CT molecular complexity index is 184. The maximum Gasteiger partial charge on any atom is 0.320 e. The maximum absolute atomic E-state index is 10.8. The highest BCUT2D eigenvalue weighted by Gasteiger charge is 2.25. The Morgan fingerprint density at radius 1 is 1.57 bits per heavy atom. The van der Waals surface area contributed by atoms with Crippen molar-refractivity contribution in [2.24, 2.45) is 17.2 Å². The van der Waals surface area contributed by atoms with E-state index in [-0.39, 0.29) is 0 Å². The first-order chi connectivity index (χ1) is 6.43. The van der Waals surface area contributed by atoms with Crippen LogP contribution in [0.4, 0.5) is 0 Å². The van der Waals surface area contributed by atoms with Crippen LogP contribution in [0.3, 0.4) is 0 Å². The molecule has 0 aromatic carbocycles. The van der Waals surface area contributed by atoms with Crippen LogP contribution in [0.1, 0.15) is 26.2 Å². The molecule has 0 amide bonds.